The van der Waals surface area contributed by atoms with Crippen molar-refractivity contribution in [3.8, 4) is 0 Å². The SMILES string of the molecule is C=CCCOCCNCC(/C(N)=N\O)C(F)(F)F. The van der Waals surface area contributed by atoms with Crippen LogP contribution < -0.4 is 11.1 Å². The lowest BCUT2D eigenvalue weighted by Gasteiger charge is -2.19. The first kappa shape index (κ1) is 16.7. The van der Waals surface area contributed by atoms with Crippen molar-refractivity contribution in [2.75, 3.05) is 26.3 Å². The van der Waals surface area contributed by atoms with Gasteiger partial charge in [0.15, 0.2) is 5.84 Å². The van der Waals surface area contributed by atoms with Crippen molar-refractivity contribution in [2.45, 2.75) is 12.6 Å². The van der Waals surface area contributed by atoms with Gasteiger partial charge in [-0.15, -0.1) is 6.58 Å². The van der Waals surface area contributed by atoms with E-state index in [1.165, 1.54) is 0 Å². The summed E-state index contributed by atoms with van der Waals surface area (Å²) >= 11 is 0. The minimum atomic E-state index is -4.55. The third-order valence-electron chi connectivity index (χ3n) is 2.11. The highest BCUT2D eigenvalue weighted by Gasteiger charge is 2.42. The van der Waals surface area contributed by atoms with Crippen molar-refractivity contribution in [1.82, 2.24) is 5.32 Å². The molecular weight excluding hydrogens is 251 g/mol. The van der Waals surface area contributed by atoms with Crippen LogP contribution >= 0.6 is 0 Å². The second-order valence-electron chi connectivity index (χ2n) is 3.51. The van der Waals surface area contributed by atoms with Crippen molar-refractivity contribution >= 4 is 5.84 Å². The number of nitrogens with two attached hydrogens (primary N) is 1. The van der Waals surface area contributed by atoms with Crippen molar-refractivity contribution < 1.29 is 23.1 Å². The van der Waals surface area contributed by atoms with E-state index in [9.17, 15) is 13.2 Å². The van der Waals surface area contributed by atoms with Crippen LogP contribution in [0.4, 0.5) is 13.2 Å². The molecule has 0 saturated heterocycles. The molecule has 0 amide bonds. The molecule has 0 aliphatic carbocycles. The molecule has 18 heavy (non-hydrogen) atoms. The predicted molar refractivity (Wildman–Crippen MR) is 61.5 cm³/mol. The van der Waals surface area contributed by atoms with Gasteiger partial charge in [0.2, 0.25) is 0 Å². The van der Waals surface area contributed by atoms with Gasteiger partial charge in [-0.2, -0.15) is 13.2 Å². The first-order chi connectivity index (χ1) is 8.43. The van der Waals surface area contributed by atoms with Crippen molar-refractivity contribution in [2.24, 2.45) is 16.8 Å². The van der Waals surface area contributed by atoms with Crippen LogP contribution in [0.1, 0.15) is 6.42 Å². The monoisotopic (exact) mass is 269 g/mol. The fourth-order valence-electron chi connectivity index (χ4n) is 1.12. The maximum atomic E-state index is 12.5. The van der Waals surface area contributed by atoms with E-state index in [0.717, 1.165) is 0 Å². The van der Waals surface area contributed by atoms with Gasteiger partial charge in [0.25, 0.3) is 0 Å². The molecule has 0 fully saturated rings. The van der Waals surface area contributed by atoms with E-state index in [2.05, 4.69) is 17.1 Å². The van der Waals surface area contributed by atoms with Crippen LogP contribution in [0.25, 0.3) is 0 Å². The van der Waals surface area contributed by atoms with Crippen molar-refractivity contribution in [3.05, 3.63) is 12.7 Å². The van der Waals surface area contributed by atoms with Gasteiger partial charge in [-0.3, -0.25) is 0 Å². The maximum Gasteiger partial charge on any atom is 0.400 e. The number of nitrogens with one attached hydrogen (secondary N) is 1. The molecule has 1 atom stereocenters. The molecule has 0 aromatic carbocycles. The number of alkyl halides is 3. The van der Waals surface area contributed by atoms with Crippen LogP contribution in [0.5, 0.6) is 0 Å². The lowest BCUT2D eigenvalue weighted by molar-refractivity contribution is -0.155. The molecule has 5 nitrogen and oxygen atoms in total. The highest BCUT2D eigenvalue weighted by Crippen LogP contribution is 2.25. The zero-order chi connectivity index (χ0) is 14.0. The van der Waals surface area contributed by atoms with E-state index in [0.29, 0.717) is 13.0 Å². The number of nitrogens with zero attached hydrogens (tertiary/aromatic N) is 1. The Morgan fingerprint density at radius 2 is 2.17 bits per heavy atom. The van der Waals surface area contributed by atoms with Gasteiger partial charge >= 0.3 is 6.18 Å². The minimum absolute atomic E-state index is 0.252. The zero-order valence-electron chi connectivity index (χ0n) is 9.91. The molecule has 0 aliphatic heterocycles. The highest BCUT2D eigenvalue weighted by atomic mass is 19.4. The Kier molecular flexibility index (Phi) is 8.14. The standard InChI is InChI=1S/C10H18F3N3O2/c1-2-3-5-18-6-4-15-7-8(9(14)16-17)10(11,12)13/h2,8,15,17H,1,3-7H2,(H2,14,16). The normalized spacial score (nSPS) is 14.5. The Bertz CT molecular complexity index is 270. The summed E-state index contributed by atoms with van der Waals surface area (Å²) in [4.78, 5) is 0. The Hall–Kier alpha value is -1.28. The number of amidine groups is 1. The predicted octanol–water partition coefficient (Wildman–Crippen LogP) is 1.09. The average Bonchev–Trinajstić information content (AvgIpc) is 2.30. The molecule has 0 aromatic rings. The molecular formula is C10H18F3N3O2. The summed E-state index contributed by atoms with van der Waals surface area (Å²) in [7, 11) is 0. The van der Waals surface area contributed by atoms with Gasteiger partial charge < -0.3 is 21.0 Å². The topological polar surface area (TPSA) is 79.9 Å². The third kappa shape index (κ3) is 7.13. The number of hydrogen-bond acceptors (Lipinski definition) is 4. The van der Waals surface area contributed by atoms with E-state index < -0.39 is 24.5 Å². The van der Waals surface area contributed by atoms with Crippen molar-refractivity contribution in [1.29, 1.82) is 0 Å². The molecule has 4 N–H and O–H groups in total. The van der Waals surface area contributed by atoms with E-state index in [4.69, 9.17) is 15.7 Å². The molecule has 0 heterocycles. The molecule has 0 aromatic heterocycles. The summed E-state index contributed by atoms with van der Waals surface area (Å²) in [5.41, 5.74) is 4.98. The second kappa shape index (κ2) is 8.76. The Morgan fingerprint density at radius 1 is 1.50 bits per heavy atom. The van der Waals surface area contributed by atoms with Gasteiger partial charge in [0.05, 0.1) is 13.2 Å². The second-order valence-corrected chi connectivity index (χ2v) is 3.51. The summed E-state index contributed by atoms with van der Waals surface area (Å²) in [5, 5.41) is 13.2. The van der Waals surface area contributed by atoms with E-state index in [-0.39, 0.29) is 13.2 Å². The molecule has 0 rings (SSSR count). The zero-order valence-corrected chi connectivity index (χ0v) is 9.91. The largest absolute Gasteiger partial charge is 0.409 e. The molecule has 0 bridgehead atoms. The summed E-state index contributed by atoms with van der Waals surface area (Å²) in [5.74, 6) is -2.86. The number of ether oxygens (including phenoxy) is 1. The summed E-state index contributed by atoms with van der Waals surface area (Å²) < 4.78 is 42.5. The number of rotatable bonds is 9. The lowest BCUT2D eigenvalue weighted by atomic mass is 10.1. The fraction of sp³-hybridized carbons (Fsp3) is 0.700. The molecule has 0 aliphatic rings. The van der Waals surface area contributed by atoms with Crippen LogP contribution in [0, 0.1) is 5.92 Å². The van der Waals surface area contributed by atoms with Crippen LogP contribution in [-0.4, -0.2) is 43.5 Å². The average molecular weight is 269 g/mol. The minimum Gasteiger partial charge on any atom is -0.409 e. The van der Waals surface area contributed by atoms with E-state index in [1.807, 2.05) is 0 Å². The summed E-state index contributed by atoms with van der Waals surface area (Å²) in [6, 6.07) is 0. The summed E-state index contributed by atoms with van der Waals surface area (Å²) in [6.07, 6.45) is -2.17. The number of hydrogen-bond donors (Lipinski definition) is 3. The van der Waals surface area contributed by atoms with Crippen LogP contribution in [0.2, 0.25) is 0 Å². The van der Waals surface area contributed by atoms with E-state index >= 15 is 0 Å². The summed E-state index contributed by atoms with van der Waals surface area (Å²) in [6.45, 7) is 4.07. The quantitative estimate of drug-likeness (QED) is 0.146. The highest BCUT2D eigenvalue weighted by molar-refractivity contribution is 5.83. The van der Waals surface area contributed by atoms with Gasteiger partial charge in [-0.25, -0.2) is 0 Å². The first-order valence-corrected chi connectivity index (χ1v) is 5.37. The first-order valence-electron chi connectivity index (χ1n) is 5.37. The van der Waals surface area contributed by atoms with Crippen molar-refractivity contribution in [3.63, 3.8) is 0 Å². The van der Waals surface area contributed by atoms with Gasteiger partial charge in [0.1, 0.15) is 5.92 Å². The van der Waals surface area contributed by atoms with Gasteiger partial charge in [-0.05, 0) is 6.42 Å². The molecule has 0 saturated carbocycles. The number of halogens is 3. The van der Waals surface area contributed by atoms with Gasteiger partial charge in [-0.1, -0.05) is 11.2 Å². The van der Waals surface area contributed by atoms with Crippen LogP contribution in [0.3, 0.4) is 0 Å². The molecule has 1 unspecified atom stereocenters. The third-order valence-corrected chi connectivity index (χ3v) is 2.11. The van der Waals surface area contributed by atoms with Crippen LogP contribution in [0.15, 0.2) is 17.8 Å². The maximum absolute atomic E-state index is 12.5. The van der Waals surface area contributed by atoms with Gasteiger partial charge in [0, 0.05) is 13.1 Å². The number of oxime groups is 1. The smallest absolute Gasteiger partial charge is 0.400 e. The molecule has 0 radical (unpaired) electrons. The molecule has 106 valence electrons. The fourth-order valence-corrected chi connectivity index (χ4v) is 1.12. The molecule has 0 spiro atoms. The Balaban J connectivity index is 3.89. The lowest BCUT2D eigenvalue weighted by Crippen LogP contribution is -2.43. The Labute approximate surface area is 103 Å². The Morgan fingerprint density at radius 3 is 2.67 bits per heavy atom. The van der Waals surface area contributed by atoms with E-state index in [1.54, 1.807) is 6.08 Å². The molecule has 8 heteroatoms. The van der Waals surface area contributed by atoms with Crippen LogP contribution in [-0.2, 0) is 4.74 Å².